The molecule has 0 unspecified atom stereocenters. The molecule has 5 heteroatoms. The van der Waals surface area contributed by atoms with Crippen LogP contribution in [0.4, 0.5) is 0 Å². The zero-order chi connectivity index (χ0) is 17.9. The molecule has 0 saturated heterocycles. The summed E-state index contributed by atoms with van der Waals surface area (Å²) in [5.74, 6) is 1.52. The molecule has 2 aromatic rings. The minimum Gasteiger partial charge on any atom is -0.493 e. The molecule has 5 nitrogen and oxygen atoms in total. The molecular formula is C20H28N2O3. The second kappa shape index (κ2) is 10.7. The minimum absolute atomic E-state index is 0.159. The predicted molar refractivity (Wildman–Crippen MR) is 100 cm³/mol. The van der Waals surface area contributed by atoms with Crippen LogP contribution >= 0.6 is 0 Å². The third kappa shape index (κ3) is 6.05. The van der Waals surface area contributed by atoms with E-state index in [1.807, 2.05) is 30.3 Å². The molecule has 0 saturated carbocycles. The van der Waals surface area contributed by atoms with Gasteiger partial charge in [0.1, 0.15) is 6.61 Å². The van der Waals surface area contributed by atoms with Crippen molar-refractivity contribution in [2.24, 2.45) is 0 Å². The Morgan fingerprint density at radius 3 is 2.44 bits per heavy atom. The molecule has 0 atom stereocenters. The molecule has 0 fully saturated rings. The number of aliphatic hydroxyl groups excluding tert-OH is 1. The quantitative estimate of drug-likeness (QED) is 0.546. The van der Waals surface area contributed by atoms with Gasteiger partial charge in [0, 0.05) is 31.7 Å². The summed E-state index contributed by atoms with van der Waals surface area (Å²) in [6.45, 7) is 5.69. The standard InChI is InChI=1S/C20H28N2O3/c1-16-6-3-4-7-18(16)15-25-20-17(8-5-9-19(20)24-2)14-22-11-10-21-12-13-23/h3-9,21-23H,10-15H2,1-2H3. The number of benzene rings is 2. The fourth-order valence-electron chi connectivity index (χ4n) is 2.55. The fourth-order valence-corrected chi connectivity index (χ4v) is 2.55. The molecule has 2 rings (SSSR count). The lowest BCUT2D eigenvalue weighted by Crippen LogP contribution is -2.28. The first-order valence-corrected chi connectivity index (χ1v) is 8.61. The van der Waals surface area contributed by atoms with Crippen molar-refractivity contribution in [2.75, 3.05) is 33.4 Å². The number of aryl methyl sites for hydroxylation is 1. The Balaban J connectivity index is 1.98. The SMILES string of the molecule is COc1cccc(CNCCNCCO)c1OCc1ccccc1C. The number of rotatable bonds is 11. The van der Waals surface area contributed by atoms with E-state index >= 15 is 0 Å². The highest BCUT2D eigenvalue weighted by atomic mass is 16.5. The predicted octanol–water partition coefficient (Wildman–Crippen LogP) is 2.25. The van der Waals surface area contributed by atoms with Crippen LogP contribution in [-0.4, -0.2) is 38.5 Å². The highest BCUT2D eigenvalue weighted by Gasteiger charge is 2.11. The van der Waals surface area contributed by atoms with Gasteiger partial charge in [-0.3, -0.25) is 0 Å². The van der Waals surface area contributed by atoms with Gasteiger partial charge in [-0.25, -0.2) is 0 Å². The van der Waals surface area contributed by atoms with Crippen molar-refractivity contribution < 1.29 is 14.6 Å². The summed E-state index contributed by atoms with van der Waals surface area (Å²) in [6.07, 6.45) is 0. The molecule has 3 N–H and O–H groups in total. The van der Waals surface area contributed by atoms with Gasteiger partial charge < -0.3 is 25.2 Å². The molecule has 0 radical (unpaired) electrons. The van der Waals surface area contributed by atoms with E-state index in [4.69, 9.17) is 14.6 Å². The third-order valence-electron chi connectivity index (χ3n) is 4.00. The molecule has 0 bridgehead atoms. The van der Waals surface area contributed by atoms with Crippen LogP contribution in [0.5, 0.6) is 11.5 Å². The maximum atomic E-state index is 8.75. The number of nitrogens with one attached hydrogen (secondary N) is 2. The van der Waals surface area contributed by atoms with Gasteiger partial charge in [-0.15, -0.1) is 0 Å². The van der Waals surface area contributed by atoms with Crippen LogP contribution < -0.4 is 20.1 Å². The van der Waals surface area contributed by atoms with Gasteiger partial charge in [0.15, 0.2) is 11.5 Å². The van der Waals surface area contributed by atoms with Crippen molar-refractivity contribution >= 4 is 0 Å². The van der Waals surface area contributed by atoms with E-state index < -0.39 is 0 Å². The van der Waals surface area contributed by atoms with Crippen LogP contribution in [0.2, 0.25) is 0 Å². The molecule has 2 aromatic carbocycles. The topological polar surface area (TPSA) is 62.8 Å². The maximum absolute atomic E-state index is 8.75. The highest BCUT2D eigenvalue weighted by Crippen LogP contribution is 2.32. The smallest absolute Gasteiger partial charge is 0.166 e. The molecular weight excluding hydrogens is 316 g/mol. The number of methoxy groups -OCH3 is 1. The molecule has 25 heavy (non-hydrogen) atoms. The summed E-state index contributed by atoms with van der Waals surface area (Å²) in [5, 5.41) is 15.3. The summed E-state index contributed by atoms with van der Waals surface area (Å²) in [7, 11) is 1.66. The molecule has 0 aliphatic rings. The Labute approximate surface area is 150 Å². The van der Waals surface area contributed by atoms with Crippen LogP contribution in [0.3, 0.4) is 0 Å². The Morgan fingerprint density at radius 1 is 0.920 bits per heavy atom. The van der Waals surface area contributed by atoms with Gasteiger partial charge in [0.25, 0.3) is 0 Å². The second-order valence-electron chi connectivity index (χ2n) is 5.81. The van der Waals surface area contributed by atoms with E-state index in [0.29, 0.717) is 19.7 Å². The van der Waals surface area contributed by atoms with Crippen molar-refractivity contribution in [3.63, 3.8) is 0 Å². The number of ether oxygens (including phenoxy) is 2. The summed E-state index contributed by atoms with van der Waals surface area (Å²) in [4.78, 5) is 0. The van der Waals surface area contributed by atoms with Gasteiger partial charge >= 0.3 is 0 Å². The Hall–Kier alpha value is -2.08. The van der Waals surface area contributed by atoms with E-state index in [-0.39, 0.29) is 6.61 Å². The summed E-state index contributed by atoms with van der Waals surface area (Å²) in [5.41, 5.74) is 3.45. The number of hydrogen-bond acceptors (Lipinski definition) is 5. The van der Waals surface area contributed by atoms with Crippen LogP contribution in [0.15, 0.2) is 42.5 Å². The lowest BCUT2D eigenvalue weighted by molar-refractivity contribution is 0.280. The van der Waals surface area contributed by atoms with Crippen molar-refractivity contribution in [3.05, 3.63) is 59.2 Å². The zero-order valence-electron chi connectivity index (χ0n) is 15.0. The molecule has 0 heterocycles. The van der Waals surface area contributed by atoms with Crippen LogP contribution in [0, 0.1) is 6.92 Å². The van der Waals surface area contributed by atoms with E-state index in [1.54, 1.807) is 7.11 Å². The molecule has 0 aliphatic heterocycles. The fraction of sp³-hybridized carbons (Fsp3) is 0.400. The molecule has 0 aliphatic carbocycles. The van der Waals surface area contributed by atoms with Crippen LogP contribution in [0.25, 0.3) is 0 Å². The monoisotopic (exact) mass is 344 g/mol. The average molecular weight is 344 g/mol. The second-order valence-corrected chi connectivity index (χ2v) is 5.81. The van der Waals surface area contributed by atoms with Gasteiger partial charge in [0.2, 0.25) is 0 Å². The molecule has 0 aromatic heterocycles. The van der Waals surface area contributed by atoms with E-state index in [2.05, 4.69) is 29.7 Å². The van der Waals surface area contributed by atoms with Crippen LogP contribution in [0.1, 0.15) is 16.7 Å². The van der Waals surface area contributed by atoms with E-state index in [9.17, 15) is 0 Å². The Bertz CT molecular complexity index is 647. The van der Waals surface area contributed by atoms with Crippen molar-refractivity contribution in [1.29, 1.82) is 0 Å². The lowest BCUT2D eigenvalue weighted by atomic mass is 10.1. The largest absolute Gasteiger partial charge is 0.493 e. The summed E-state index contributed by atoms with van der Waals surface area (Å²) in [6, 6.07) is 14.2. The average Bonchev–Trinajstić information content (AvgIpc) is 2.64. The van der Waals surface area contributed by atoms with Gasteiger partial charge in [-0.05, 0) is 24.1 Å². The number of aliphatic hydroxyl groups is 1. The van der Waals surface area contributed by atoms with Gasteiger partial charge in [0.05, 0.1) is 13.7 Å². The first-order valence-electron chi connectivity index (χ1n) is 8.61. The molecule has 0 amide bonds. The van der Waals surface area contributed by atoms with Gasteiger partial charge in [-0.1, -0.05) is 36.4 Å². The normalized spacial score (nSPS) is 10.7. The molecule has 0 spiro atoms. The Kier molecular flexibility index (Phi) is 8.25. The number of hydrogen-bond donors (Lipinski definition) is 3. The first kappa shape index (κ1) is 19.2. The molecule has 136 valence electrons. The van der Waals surface area contributed by atoms with Gasteiger partial charge in [-0.2, -0.15) is 0 Å². The first-order chi connectivity index (χ1) is 12.3. The lowest BCUT2D eigenvalue weighted by Gasteiger charge is -2.16. The van der Waals surface area contributed by atoms with E-state index in [1.165, 1.54) is 11.1 Å². The maximum Gasteiger partial charge on any atom is 0.166 e. The highest BCUT2D eigenvalue weighted by molar-refractivity contribution is 5.46. The van der Waals surface area contributed by atoms with Crippen molar-refractivity contribution in [2.45, 2.75) is 20.1 Å². The van der Waals surface area contributed by atoms with Crippen LogP contribution in [-0.2, 0) is 13.2 Å². The number of para-hydroxylation sites is 1. The summed E-state index contributed by atoms with van der Waals surface area (Å²) < 4.78 is 11.6. The van der Waals surface area contributed by atoms with Crippen molar-refractivity contribution in [1.82, 2.24) is 10.6 Å². The summed E-state index contributed by atoms with van der Waals surface area (Å²) >= 11 is 0. The Morgan fingerprint density at radius 2 is 1.68 bits per heavy atom. The minimum atomic E-state index is 0.159. The van der Waals surface area contributed by atoms with E-state index in [0.717, 1.165) is 30.2 Å². The zero-order valence-corrected chi connectivity index (χ0v) is 15.0. The van der Waals surface area contributed by atoms with Crippen molar-refractivity contribution in [3.8, 4) is 11.5 Å². The third-order valence-corrected chi connectivity index (χ3v) is 4.00.